The third-order valence-electron chi connectivity index (χ3n) is 5.73. The van der Waals surface area contributed by atoms with E-state index >= 15 is 0 Å². The van der Waals surface area contributed by atoms with Crippen LogP contribution in [0.2, 0.25) is 5.02 Å². The van der Waals surface area contributed by atoms with Gasteiger partial charge in [0.1, 0.15) is 45.2 Å². The first kappa shape index (κ1) is 26.9. The zero-order chi connectivity index (χ0) is 27.6. The first-order chi connectivity index (χ1) is 18.6. The van der Waals surface area contributed by atoms with Gasteiger partial charge < -0.3 is 15.8 Å². The molecule has 0 fully saturated rings. The molecule has 0 radical (unpaired) electrons. The maximum atomic E-state index is 13.4. The number of aromatic nitrogens is 3. The van der Waals surface area contributed by atoms with Crippen molar-refractivity contribution >= 4 is 55.2 Å². The number of anilines is 2. The van der Waals surface area contributed by atoms with Gasteiger partial charge in [-0.05, 0) is 54.1 Å². The lowest BCUT2D eigenvalue weighted by Crippen LogP contribution is -2.19. The van der Waals surface area contributed by atoms with Crippen LogP contribution >= 0.6 is 22.9 Å². The zero-order valence-electron chi connectivity index (χ0n) is 20.6. The molecule has 5 rings (SSSR count). The van der Waals surface area contributed by atoms with Crippen molar-refractivity contribution in [2.24, 2.45) is 5.73 Å². The molecule has 39 heavy (non-hydrogen) atoms. The summed E-state index contributed by atoms with van der Waals surface area (Å²) in [7, 11) is -3.22. The number of hydrogen-bond donors (Lipinski definition) is 2. The summed E-state index contributed by atoms with van der Waals surface area (Å²) in [6.45, 7) is 0.182. The molecule has 0 saturated carbocycles. The van der Waals surface area contributed by atoms with E-state index in [-0.39, 0.29) is 18.2 Å². The number of sulfone groups is 1. The first-order valence-electron chi connectivity index (χ1n) is 11.7. The van der Waals surface area contributed by atoms with Crippen molar-refractivity contribution in [1.29, 1.82) is 0 Å². The van der Waals surface area contributed by atoms with Crippen LogP contribution in [0.4, 0.5) is 15.9 Å². The Morgan fingerprint density at radius 2 is 1.95 bits per heavy atom. The third kappa shape index (κ3) is 6.69. The Labute approximate surface area is 233 Å². The zero-order valence-corrected chi connectivity index (χ0v) is 23.0. The van der Waals surface area contributed by atoms with Gasteiger partial charge in [-0.3, -0.25) is 0 Å². The van der Waals surface area contributed by atoms with Crippen molar-refractivity contribution in [3.05, 3.63) is 94.5 Å². The Kier molecular flexibility index (Phi) is 7.76. The maximum absolute atomic E-state index is 13.4. The highest BCUT2D eigenvalue weighted by Crippen LogP contribution is 2.34. The number of nitrogens with zero attached hydrogens (tertiary/aromatic N) is 3. The number of fused-ring (bicyclic) bond motifs is 1. The highest BCUT2D eigenvalue weighted by molar-refractivity contribution is 7.90. The van der Waals surface area contributed by atoms with Gasteiger partial charge in [0.2, 0.25) is 0 Å². The lowest BCUT2D eigenvalue weighted by atomic mass is 10.1. The van der Waals surface area contributed by atoms with Crippen molar-refractivity contribution in [2.45, 2.75) is 12.6 Å². The lowest BCUT2D eigenvalue weighted by Gasteiger charge is -2.12. The number of hydrogen-bond acceptors (Lipinski definition) is 9. The number of nitrogens with one attached hydrogen (secondary N) is 1. The maximum Gasteiger partial charge on any atom is 0.149 e. The molecule has 0 bridgehead atoms. The summed E-state index contributed by atoms with van der Waals surface area (Å²) in [5, 5.41) is 5.13. The first-order valence-corrected chi connectivity index (χ1v) is 15.0. The number of nitrogens with two attached hydrogens (primary N) is 1. The summed E-state index contributed by atoms with van der Waals surface area (Å²) in [6, 6.07) is 16.5. The van der Waals surface area contributed by atoms with E-state index in [0.29, 0.717) is 37.7 Å². The van der Waals surface area contributed by atoms with Gasteiger partial charge in [-0.1, -0.05) is 23.7 Å². The number of rotatable bonds is 9. The van der Waals surface area contributed by atoms with E-state index in [1.807, 2.05) is 18.2 Å². The van der Waals surface area contributed by atoms with E-state index < -0.39 is 15.9 Å². The van der Waals surface area contributed by atoms with Crippen LogP contribution in [0.5, 0.6) is 5.75 Å². The molecule has 12 heteroatoms. The molecule has 0 spiro atoms. The molecule has 0 aliphatic carbocycles. The molecule has 2 aromatic heterocycles. The second kappa shape index (κ2) is 11.2. The predicted molar refractivity (Wildman–Crippen MR) is 153 cm³/mol. The Balaban J connectivity index is 1.36. The minimum absolute atomic E-state index is 0.147. The molecule has 8 nitrogen and oxygen atoms in total. The molecule has 0 amide bonds. The highest BCUT2D eigenvalue weighted by atomic mass is 35.5. The standard InChI is InChI=1S/C27H23ClFN5O3S2/c1-39(35,36)14-22(30)25-12-31-27(38-25)17-5-7-23-20(10-17)26(33-15-32-23)34-19-6-8-24(21(28)11-19)37-13-16-3-2-4-18(29)9-16/h2-12,15,22H,13-14,30H2,1H3,(H,32,33,34)/t22-/m0/s1. The monoisotopic (exact) mass is 583 g/mol. The lowest BCUT2D eigenvalue weighted by molar-refractivity contribution is 0.306. The molecular formula is C27H23ClFN5O3S2. The average Bonchev–Trinajstić information content (AvgIpc) is 3.38. The van der Waals surface area contributed by atoms with Crippen LogP contribution in [-0.2, 0) is 16.4 Å². The molecular weight excluding hydrogens is 561 g/mol. The molecule has 1 atom stereocenters. The highest BCUT2D eigenvalue weighted by Gasteiger charge is 2.17. The Hall–Kier alpha value is -3.64. The van der Waals surface area contributed by atoms with Gasteiger partial charge >= 0.3 is 0 Å². The van der Waals surface area contributed by atoms with Crippen LogP contribution in [0.25, 0.3) is 21.5 Å². The van der Waals surface area contributed by atoms with Crippen LogP contribution in [0.3, 0.4) is 0 Å². The van der Waals surface area contributed by atoms with Crippen molar-refractivity contribution in [3.8, 4) is 16.3 Å². The van der Waals surface area contributed by atoms with E-state index in [2.05, 4.69) is 20.3 Å². The third-order valence-corrected chi connectivity index (χ3v) is 8.17. The van der Waals surface area contributed by atoms with E-state index in [4.69, 9.17) is 22.1 Å². The molecule has 0 aliphatic heterocycles. The van der Waals surface area contributed by atoms with Gasteiger partial charge in [-0.25, -0.2) is 27.8 Å². The van der Waals surface area contributed by atoms with Gasteiger partial charge in [0.25, 0.3) is 0 Å². The fourth-order valence-electron chi connectivity index (χ4n) is 3.91. The van der Waals surface area contributed by atoms with Crippen LogP contribution < -0.4 is 15.8 Å². The van der Waals surface area contributed by atoms with E-state index in [0.717, 1.165) is 22.7 Å². The largest absolute Gasteiger partial charge is 0.487 e. The van der Waals surface area contributed by atoms with Crippen molar-refractivity contribution < 1.29 is 17.5 Å². The number of thiazole rings is 1. The minimum Gasteiger partial charge on any atom is -0.487 e. The summed E-state index contributed by atoms with van der Waals surface area (Å²) in [5.41, 5.74) is 9.01. The quantitative estimate of drug-likeness (QED) is 0.220. The van der Waals surface area contributed by atoms with Crippen molar-refractivity contribution in [2.75, 3.05) is 17.3 Å². The normalized spacial score (nSPS) is 12.4. The molecule has 2 heterocycles. The SMILES string of the molecule is CS(=O)(=O)C[C@H](N)c1cnc(-c2ccc3ncnc(Nc4ccc(OCc5cccc(F)c5)c(Cl)c4)c3c2)s1. The number of halogens is 2. The van der Waals surface area contributed by atoms with Crippen molar-refractivity contribution in [3.63, 3.8) is 0 Å². The minimum atomic E-state index is -3.22. The van der Waals surface area contributed by atoms with Gasteiger partial charge in [0.05, 0.1) is 22.3 Å². The summed E-state index contributed by atoms with van der Waals surface area (Å²) >= 11 is 7.80. The van der Waals surface area contributed by atoms with Gasteiger partial charge in [-0.2, -0.15) is 0 Å². The predicted octanol–water partition coefficient (Wildman–Crippen LogP) is 5.91. The Bertz CT molecular complexity index is 1760. The van der Waals surface area contributed by atoms with Crippen LogP contribution in [0, 0.1) is 5.82 Å². The molecule has 5 aromatic rings. The van der Waals surface area contributed by atoms with E-state index in [9.17, 15) is 12.8 Å². The second-order valence-corrected chi connectivity index (χ2v) is 12.6. The van der Waals surface area contributed by atoms with Gasteiger partial charge in [0, 0.05) is 34.0 Å². The molecule has 3 N–H and O–H groups in total. The molecule has 200 valence electrons. The average molecular weight is 584 g/mol. The van der Waals surface area contributed by atoms with Crippen LogP contribution in [0.1, 0.15) is 16.5 Å². The number of ether oxygens (including phenoxy) is 1. The Morgan fingerprint density at radius 3 is 2.72 bits per heavy atom. The van der Waals surface area contributed by atoms with E-state index in [1.165, 1.54) is 29.8 Å². The molecule has 0 saturated heterocycles. The summed E-state index contributed by atoms with van der Waals surface area (Å²) in [4.78, 5) is 13.9. The van der Waals surface area contributed by atoms with Crippen LogP contribution in [0.15, 0.2) is 73.2 Å². The van der Waals surface area contributed by atoms with Gasteiger partial charge in [0.15, 0.2) is 0 Å². The van der Waals surface area contributed by atoms with Gasteiger partial charge in [-0.15, -0.1) is 11.3 Å². The molecule has 0 unspecified atom stereocenters. The van der Waals surface area contributed by atoms with E-state index in [1.54, 1.807) is 36.5 Å². The number of benzene rings is 3. The molecule has 0 aliphatic rings. The molecule has 3 aromatic carbocycles. The van der Waals surface area contributed by atoms with Crippen LogP contribution in [-0.4, -0.2) is 35.4 Å². The Morgan fingerprint density at radius 1 is 1.10 bits per heavy atom. The summed E-state index contributed by atoms with van der Waals surface area (Å²) in [5.74, 6) is 0.561. The smallest absolute Gasteiger partial charge is 0.149 e. The van der Waals surface area contributed by atoms with Crippen molar-refractivity contribution in [1.82, 2.24) is 15.0 Å². The summed E-state index contributed by atoms with van der Waals surface area (Å²) in [6.07, 6.45) is 4.24. The fourth-order valence-corrected chi connectivity index (χ4v) is 6.00. The topological polar surface area (TPSA) is 120 Å². The fraction of sp³-hybridized carbons (Fsp3) is 0.148. The summed E-state index contributed by atoms with van der Waals surface area (Å²) < 4.78 is 42.4. The second-order valence-electron chi connectivity index (χ2n) is 8.91.